The second-order valence-corrected chi connectivity index (χ2v) is 12.1. The molecule has 3 aromatic rings. The Labute approximate surface area is 241 Å². The molecule has 0 aromatic heterocycles. The lowest BCUT2D eigenvalue weighted by Crippen LogP contribution is -2.55. The van der Waals surface area contributed by atoms with Crippen LogP contribution in [0.4, 0.5) is 10.1 Å². The number of aryl methyl sites for hydroxylation is 1. The molecule has 7 nitrogen and oxygen atoms in total. The molecule has 41 heavy (non-hydrogen) atoms. The number of esters is 1. The highest BCUT2D eigenvalue weighted by Gasteiger charge is 2.48. The van der Waals surface area contributed by atoms with E-state index in [0.717, 1.165) is 28.6 Å². The van der Waals surface area contributed by atoms with E-state index < -0.39 is 22.1 Å². The number of sulfonamides is 1. The van der Waals surface area contributed by atoms with Crippen LogP contribution in [0.5, 0.6) is 0 Å². The Hall–Kier alpha value is -3.82. The molecule has 9 heteroatoms. The maximum atomic E-state index is 13.6. The van der Waals surface area contributed by atoms with Crippen LogP contribution in [0.15, 0.2) is 79.4 Å². The molecule has 0 spiro atoms. The third-order valence-corrected chi connectivity index (χ3v) is 7.97. The lowest BCUT2D eigenvalue weighted by atomic mass is 9.78. The summed E-state index contributed by atoms with van der Waals surface area (Å²) >= 11 is 0. The van der Waals surface area contributed by atoms with Gasteiger partial charge >= 0.3 is 5.97 Å². The number of amides is 1. The summed E-state index contributed by atoms with van der Waals surface area (Å²) in [5, 5.41) is 0. The number of β-lactam (4-membered cyclic amide) rings is 1. The summed E-state index contributed by atoms with van der Waals surface area (Å²) in [6, 6.07) is 21.3. The van der Waals surface area contributed by atoms with Gasteiger partial charge in [0.25, 0.3) is 0 Å². The summed E-state index contributed by atoms with van der Waals surface area (Å²) in [7, 11) is -3.21. The number of rotatable bonds is 13. The van der Waals surface area contributed by atoms with Crippen LogP contribution in [0.25, 0.3) is 6.08 Å². The van der Waals surface area contributed by atoms with E-state index in [9.17, 15) is 22.4 Å². The minimum atomic E-state index is -3.21. The Morgan fingerprint density at radius 2 is 1.73 bits per heavy atom. The van der Waals surface area contributed by atoms with E-state index in [1.54, 1.807) is 23.1 Å². The largest absolute Gasteiger partial charge is 0.458 e. The number of hydrogen-bond donors (Lipinski definition) is 1. The van der Waals surface area contributed by atoms with Crippen molar-refractivity contribution >= 4 is 33.7 Å². The van der Waals surface area contributed by atoms with Crippen molar-refractivity contribution in [3.05, 3.63) is 107 Å². The highest BCUT2D eigenvalue weighted by atomic mass is 32.2. The fraction of sp³-hybridized carbons (Fsp3) is 0.312. The maximum absolute atomic E-state index is 13.6. The van der Waals surface area contributed by atoms with Gasteiger partial charge in [-0.1, -0.05) is 61.2 Å². The van der Waals surface area contributed by atoms with Gasteiger partial charge in [0, 0.05) is 19.2 Å². The highest BCUT2D eigenvalue weighted by Crippen LogP contribution is 2.46. The Kier molecular flexibility index (Phi) is 9.73. The number of nitrogens with one attached hydrogen (secondary N) is 1. The predicted molar refractivity (Wildman–Crippen MR) is 158 cm³/mol. The van der Waals surface area contributed by atoms with Crippen LogP contribution < -0.4 is 9.62 Å². The van der Waals surface area contributed by atoms with Crippen molar-refractivity contribution in [1.29, 1.82) is 0 Å². The van der Waals surface area contributed by atoms with Crippen molar-refractivity contribution < 1.29 is 27.1 Å². The van der Waals surface area contributed by atoms with Gasteiger partial charge < -0.3 is 9.64 Å². The summed E-state index contributed by atoms with van der Waals surface area (Å²) in [6.07, 6.45) is 4.57. The van der Waals surface area contributed by atoms with E-state index in [2.05, 4.69) is 11.3 Å². The van der Waals surface area contributed by atoms with E-state index in [0.29, 0.717) is 37.8 Å². The molecule has 0 aliphatic carbocycles. The van der Waals surface area contributed by atoms with E-state index in [1.165, 1.54) is 19.1 Å². The first-order valence-electron chi connectivity index (χ1n) is 13.6. The predicted octanol–water partition coefficient (Wildman–Crippen LogP) is 5.74. The molecule has 1 saturated heterocycles. The number of benzene rings is 3. The van der Waals surface area contributed by atoms with Gasteiger partial charge in [-0.05, 0) is 72.2 Å². The number of ether oxygens (including phenoxy) is 1. The number of anilines is 1. The third kappa shape index (κ3) is 7.89. The quantitative estimate of drug-likeness (QED) is 0.159. The number of carbonyl (C=O) groups excluding carboxylic acids is 2. The first-order chi connectivity index (χ1) is 19.6. The number of hydrogen-bond acceptors (Lipinski definition) is 5. The molecule has 1 amide bonds. The zero-order valence-corrected chi connectivity index (χ0v) is 24.1. The zero-order chi connectivity index (χ0) is 29.6. The molecule has 0 radical (unpaired) electrons. The molecular weight excluding hydrogens is 543 g/mol. The Bertz CT molecular complexity index is 1470. The van der Waals surface area contributed by atoms with Crippen molar-refractivity contribution in [3.63, 3.8) is 0 Å². The van der Waals surface area contributed by atoms with Crippen LogP contribution >= 0.6 is 0 Å². The monoisotopic (exact) mass is 578 g/mol. The standard InChI is InChI=1S/C32H35FN2O5S/c1-4-23-7-11-26(12-8-23)31-29(19-20-30(40-22(2)36)25-13-15-27(33)16-14-25)32(37)35(31)28-17-9-24(10-18-28)6-5-21-34-41(3,38)39/h4,7-18,29-31,34H,1,5-6,19-21H2,2-3H3/t29-,30?,31-/m1/s1. The number of nitrogens with zero attached hydrogens (tertiary/aromatic N) is 1. The second kappa shape index (κ2) is 13.2. The molecule has 1 heterocycles. The molecule has 3 atom stereocenters. The van der Waals surface area contributed by atoms with Gasteiger partial charge in [-0.3, -0.25) is 9.59 Å². The molecule has 4 rings (SSSR count). The van der Waals surface area contributed by atoms with Crippen LogP contribution in [0, 0.1) is 11.7 Å². The van der Waals surface area contributed by atoms with Crippen LogP contribution in [-0.4, -0.2) is 33.1 Å². The lowest BCUT2D eigenvalue weighted by molar-refractivity contribution is -0.147. The van der Waals surface area contributed by atoms with Crippen molar-refractivity contribution in [2.24, 2.45) is 5.92 Å². The molecule has 1 unspecified atom stereocenters. The summed E-state index contributed by atoms with van der Waals surface area (Å²) in [5.74, 6) is -1.16. The second-order valence-electron chi connectivity index (χ2n) is 10.3. The normalized spacial score (nSPS) is 17.5. The van der Waals surface area contributed by atoms with E-state index in [-0.39, 0.29) is 23.7 Å². The summed E-state index contributed by atoms with van der Waals surface area (Å²) in [6.45, 7) is 5.52. The molecule has 216 valence electrons. The fourth-order valence-corrected chi connectivity index (χ4v) is 5.72. The molecule has 3 aromatic carbocycles. The molecule has 1 fully saturated rings. The van der Waals surface area contributed by atoms with Crippen LogP contribution in [0.3, 0.4) is 0 Å². The van der Waals surface area contributed by atoms with Gasteiger partial charge in [-0.15, -0.1) is 0 Å². The molecule has 0 saturated carbocycles. The number of carbonyl (C=O) groups is 2. The fourth-order valence-electron chi connectivity index (χ4n) is 5.20. The molecule has 1 aliphatic rings. The molecule has 0 bridgehead atoms. The van der Waals surface area contributed by atoms with E-state index in [1.807, 2.05) is 48.5 Å². The van der Waals surface area contributed by atoms with E-state index in [4.69, 9.17) is 4.74 Å². The van der Waals surface area contributed by atoms with Crippen molar-refractivity contribution in [2.45, 2.75) is 44.8 Å². The maximum Gasteiger partial charge on any atom is 0.303 e. The van der Waals surface area contributed by atoms with Gasteiger partial charge in [0.05, 0.1) is 18.2 Å². The topological polar surface area (TPSA) is 92.8 Å². The van der Waals surface area contributed by atoms with Gasteiger partial charge in [0.1, 0.15) is 11.9 Å². The first kappa shape index (κ1) is 30.1. The van der Waals surface area contributed by atoms with Gasteiger partial charge in [0.2, 0.25) is 15.9 Å². The summed E-state index contributed by atoms with van der Waals surface area (Å²) in [5.41, 5.74) is 4.46. The molecule has 1 N–H and O–H groups in total. The number of halogens is 1. The zero-order valence-electron chi connectivity index (χ0n) is 23.3. The average molecular weight is 579 g/mol. The van der Waals surface area contributed by atoms with Crippen LogP contribution in [0.2, 0.25) is 0 Å². The third-order valence-electron chi connectivity index (χ3n) is 7.24. The Morgan fingerprint density at radius 1 is 1.07 bits per heavy atom. The smallest absolute Gasteiger partial charge is 0.303 e. The van der Waals surface area contributed by atoms with Crippen molar-refractivity contribution in [1.82, 2.24) is 4.72 Å². The van der Waals surface area contributed by atoms with E-state index >= 15 is 0 Å². The summed E-state index contributed by atoms with van der Waals surface area (Å²) < 4.78 is 44.1. The van der Waals surface area contributed by atoms with Crippen LogP contribution in [-0.2, 0) is 30.8 Å². The minimum absolute atomic E-state index is 0.0198. The van der Waals surface area contributed by atoms with Crippen LogP contribution in [0.1, 0.15) is 60.6 Å². The Morgan fingerprint density at radius 3 is 2.32 bits per heavy atom. The Balaban J connectivity index is 1.51. The highest BCUT2D eigenvalue weighted by molar-refractivity contribution is 7.88. The lowest BCUT2D eigenvalue weighted by Gasteiger charge is -2.48. The molecule has 1 aliphatic heterocycles. The van der Waals surface area contributed by atoms with Crippen molar-refractivity contribution in [2.75, 3.05) is 17.7 Å². The summed E-state index contributed by atoms with van der Waals surface area (Å²) in [4.78, 5) is 27.2. The minimum Gasteiger partial charge on any atom is -0.458 e. The van der Waals surface area contributed by atoms with Gasteiger partial charge in [0.15, 0.2) is 0 Å². The van der Waals surface area contributed by atoms with Gasteiger partial charge in [-0.2, -0.15) is 0 Å². The SMILES string of the molecule is C=Cc1ccc([C@@H]2[C@@H](CCC(OC(C)=O)c3ccc(F)cc3)C(=O)N2c2ccc(CCCNS(C)(=O)=O)cc2)cc1. The average Bonchev–Trinajstić information content (AvgIpc) is 2.94. The van der Waals surface area contributed by atoms with Gasteiger partial charge in [-0.25, -0.2) is 17.5 Å². The first-order valence-corrected chi connectivity index (χ1v) is 15.5. The van der Waals surface area contributed by atoms with Crippen molar-refractivity contribution in [3.8, 4) is 0 Å². The molecular formula is C32H35FN2O5S.